The molecule has 0 unspecified atom stereocenters. The first-order valence-corrected chi connectivity index (χ1v) is 9.24. The van der Waals surface area contributed by atoms with Crippen LogP contribution in [0.4, 0.5) is 5.69 Å². The number of benzene rings is 1. The summed E-state index contributed by atoms with van der Waals surface area (Å²) >= 11 is 6.37. The smallest absolute Gasteiger partial charge is 0.322 e. The number of anilines is 1. The molecule has 0 spiro atoms. The average molecular weight is 402 g/mol. The van der Waals surface area contributed by atoms with Gasteiger partial charge in [-0.15, -0.1) is 0 Å². The number of aromatic nitrogens is 4. The summed E-state index contributed by atoms with van der Waals surface area (Å²) in [6, 6.07) is 6.89. The zero-order valence-electron chi connectivity index (χ0n) is 15.5. The van der Waals surface area contributed by atoms with Crippen molar-refractivity contribution in [2.45, 2.75) is 33.2 Å². The fourth-order valence-corrected chi connectivity index (χ4v) is 2.98. The lowest BCUT2D eigenvalue weighted by Gasteiger charge is -2.03. The number of hydrogen-bond donors (Lipinski definition) is 2. The Morgan fingerprint density at radius 2 is 2.25 bits per heavy atom. The third-order valence-corrected chi connectivity index (χ3v) is 4.48. The molecule has 8 nitrogen and oxygen atoms in total. The molecular formula is C19H20ClN5O3. The predicted octanol–water partition coefficient (Wildman–Crippen LogP) is 3.64. The molecule has 3 rings (SSSR count). The van der Waals surface area contributed by atoms with Gasteiger partial charge in [0.05, 0.1) is 5.69 Å². The van der Waals surface area contributed by atoms with Crippen molar-refractivity contribution in [3.8, 4) is 11.4 Å². The monoisotopic (exact) mass is 401 g/mol. The van der Waals surface area contributed by atoms with Crippen molar-refractivity contribution in [2.75, 3.05) is 5.32 Å². The van der Waals surface area contributed by atoms with Crippen molar-refractivity contribution in [3.63, 3.8) is 0 Å². The number of halogens is 1. The summed E-state index contributed by atoms with van der Waals surface area (Å²) in [6.45, 7) is 4.70. The van der Waals surface area contributed by atoms with Gasteiger partial charge in [-0.3, -0.25) is 19.0 Å². The lowest BCUT2D eigenvalue weighted by Crippen LogP contribution is -2.07. The van der Waals surface area contributed by atoms with Crippen LogP contribution in [0.2, 0.25) is 5.15 Å². The number of aromatic amines is 1. The van der Waals surface area contributed by atoms with Gasteiger partial charge in [0.25, 0.3) is 0 Å². The number of carbonyl (C=O) groups is 1. The predicted molar refractivity (Wildman–Crippen MR) is 107 cm³/mol. The summed E-state index contributed by atoms with van der Waals surface area (Å²) < 4.78 is 6.25. The summed E-state index contributed by atoms with van der Waals surface area (Å²) in [4.78, 5) is 25.8. The van der Waals surface area contributed by atoms with Crippen LogP contribution < -0.4 is 11.1 Å². The maximum Gasteiger partial charge on any atom is 0.439 e. The molecule has 146 valence electrons. The van der Waals surface area contributed by atoms with Crippen LogP contribution in [-0.2, 0) is 11.3 Å². The zero-order chi connectivity index (χ0) is 20.1. The molecule has 2 N–H and O–H groups in total. The number of rotatable bonds is 7. The van der Waals surface area contributed by atoms with Crippen molar-refractivity contribution in [1.82, 2.24) is 19.9 Å². The lowest BCUT2D eigenvalue weighted by molar-refractivity contribution is -0.111. The van der Waals surface area contributed by atoms with Gasteiger partial charge in [-0.2, -0.15) is 5.10 Å². The molecule has 1 aromatic carbocycles. The lowest BCUT2D eigenvalue weighted by atomic mass is 10.2. The number of unbranched alkanes of at least 4 members (excludes halogenated alkanes) is 1. The van der Waals surface area contributed by atoms with Gasteiger partial charge >= 0.3 is 5.76 Å². The fraction of sp³-hybridized carbons (Fsp3) is 0.263. The van der Waals surface area contributed by atoms with Crippen molar-refractivity contribution < 1.29 is 9.32 Å². The molecule has 0 radical (unpaired) electrons. The Hall–Kier alpha value is -3.13. The molecule has 1 amide bonds. The first kappa shape index (κ1) is 19.6. The third kappa shape index (κ3) is 4.58. The zero-order valence-corrected chi connectivity index (χ0v) is 16.3. The molecule has 0 aliphatic heterocycles. The van der Waals surface area contributed by atoms with E-state index in [0.29, 0.717) is 22.2 Å². The van der Waals surface area contributed by atoms with E-state index in [0.717, 1.165) is 30.6 Å². The molecule has 0 aliphatic carbocycles. The van der Waals surface area contributed by atoms with Crippen LogP contribution >= 0.6 is 11.6 Å². The van der Waals surface area contributed by atoms with E-state index in [-0.39, 0.29) is 5.91 Å². The number of nitrogens with zero attached hydrogens (tertiary/aromatic N) is 3. The summed E-state index contributed by atoms with van der Waals surface area (Å²) in [7, 11) is 0. The van der Waals surface area contributed by atoms with E-state index in [9.17, 15) is 9.59 Å². The maximum atomic E-state index is 12.3. The second kappa shape index (κ2) is 8.71. The maximum absolute atomic E-state index is 12.3. The highest BCUT2D eigenvalue weighted by Gasteiger charge is 2.11. The summed E-state index contributed by atoms with van der Waals surface area (Å²) in [5.74, 6) is -0.666. The van der Waals surface area contributed by atoms with Gasteiger partial charge in [-0.1, -0.05) is 42.2 Å². The standard InChI is InChI=1S/C19H20ClN5O3/c1-3-4-10-25-17(20)15(12(2)23-25)8-9-16(26)21-14-7-5-6-13(11-14)18-22-19(27)28-24-18/h5-9,11H,3-4,10H2,1-2H3,(H,21,26)(H,22,24,27)/b9-8+. The van der Waals surface area contributed by atoms with Gasteiger partial charge in [-0.25, -0.2) is 4.79 Å². The van der Waals surface area contributed by atoms with Gasteiger partial charge in [0, 0.05) is 29.4 Å². The highest BCUT2D eigenvalue weighted by Crippen LogP contribution is 2.22. The largest absolute Gasteiger partial charge is 0.439 e. The second-order valence-electron chi connectivity index (χ2n) is 6.21. The van der Waals surface area contributed by atoms with Gasteiger partial charge < -0.3 is 5.32 Å². The van der Waals surface area contributed by atoms with Crippen molar-refractivity contribution >= 4 is 29.3 Å². The van der Waals surface area contributed by atoms with Crippen LogP contribution in [0.1, 0.15) is 31.0 Å². The third-order valence-electron chi connectivity index (χ3n) is 4.08. The van der Waals surface area contributed by atoms with E-state index >= 15 is 0 Å². The Morgan fingerprint density at radius 1 is 1.43 bits per heavy atom. The number of amides is 1. The molecule has 0 aliphatic rings. The van der Waals surface area contributed by atoms with Crippen molar-refractivity contribution in [2.24, 2.45) is 0 Å². The first-order valence-electron chi connectivity index (χ1n) is 8.86. The van der Waals surface area contributed by atoms with Crippen LogP contribution in [-0.4, -0.2) is 25.8 Å². The van der Waals surface area contributed by atoms with Gasteiger partial charge in [0.15, 0.2) is 5.82 Å². The van der Waals surface area contributed by atoms with Gasteiger partial charge in [0.2, 0.25) is 5.91 Å². The normalized spacial score (nSPS) is 11.2. The molecule has 0 saturated carbocycles. The number of aryl methyl sites for hydroxylation is 2. The number of nitrogens with one attached hydrogen (secondary N) is 2. The molecule has 0 atom stereocenters. The quantitative estimate of drug-likeness (QED) is 0.588. The first-order chi connectivity index (χ1) is 13.5. The van der Waals surface area contributed by atoms with Crippen LogP contribution in [0.5, 0.6) is 0 Å². The van der Waals surface area contributed by atoms with Crippen LogP contribution in [0.3, 0.4) is 0 Å². The average Bonchev–Trinajstić information content (AvgIpc) is 3.22. The topological polar surface area (TPSA) is 106 Å². The molecule has 28 heavy (non-hydrogen) atoms. The van der Waals surface area contributed by atoms with Crippen LogP contribution in [0.25, 0.3) is 17.5 Å². The number of hydrogen-bond acceptors (Lipinski definition) is 5. The SMILES string of the molecule is CCCCn1nc(C)c(/C=C/C(=O)Nc2cccc(-c3noc(=O)[nH]3)c2)c1Cl. The molecule has 3 aromatic rings. The van der Waals surface area contributed by atoms with E-state index in [4.69, 9.17) is 11.6 Å². The molecule has 9 heteroatoms. The van der Waals surface area contributed by atoms with E-state index in [1.54, 1.807) is 35.0 Å². The highest BCUT2D eigenvalue weighted by molar-refractivity contribution is 6.31. The summed E-state index contributed by atoms with van der Waals surface area (Å²) in [6.07, 6.45) is 5.09. The van der Waals surface area contributed by atoms with Crippen molar-refractivity contribution in [1.29, 1.82) is 0 Å². The van der Waals surface area contributed by atoms with E-state index in [1.165, 1.54) is 6.08 Å². The summed E-state index contributed by atoms with van der Waals surface area (Å²) in [5.41, 5.74) is 2.66. The minimum absolute atomic E-state index is 0.290. The number of carbonyl (C=O) groups excluding carboxylic acids is 1. The highest BCUT2D eigenvalue weighted by atomic mass is 35.5. The Kier molecular flexibility index (Phi) is 6.10. The molecule has 2 heterocycles. The van der Waals surface area contributed by atoms with Gasteiger partial charge in [-0.05, 0) is 31.6 Å². The Bertz CT molecular complexity index is 1060. The van der Waals surface area contributed by atoms with Crippen LogP contribution in [0, 0.1) is 6.92 Å². The molecular weight excluding hydrogens is 382 g/mol. The fourth-order valence-electron chi connectivity index (χ4n) is 2.65. The molecule has 0 fully saturated rings. The second-order valence-corrected chi connectivity index (χ2v) is 6.57. The van der Waals surface area contributed by atoms with Crippen molar-refractivity contribution in [3.05, 3.63) is 57.3 Å². The number of H-pyrrole nitrogens is 1. The molecule has 0 saturated heterocycles. The minimum atomic E-state index is -0.640. The Labute approximate surface area is 166 Å². The van der Waals surface area contributed by atoms with Crippen LogP contribution in [0.15, 0.2) is 39.7 Å². The van der Waals surface area contributed by atoms with E-state index < -0.39 is 5.76 Å². The molecule has 0 bridgehead atoms. The van der Waals surface area contributed by atoms with E-state index in [1.807, 2.05) is 6.92 Å². The Morgan fingerprint density at radius 3 is 2.96 bits per heavy atom. The summed E-state index contributed by atoms with van der Waals surface area (Å²) in [5, 5.41) is 11.3. The Balaban J connectivity index is 1.71. The van der Waals surface area contributed by atoms with E-state index in [2.05, 4.69) is 32.0 Å². The molecule has 2 aromatic heterocycles. The van der Waals surface area contributed by atoms with Gasteiger partial charge in [0.1, 0.15) is 5.15 Å². The minimum Gasteiger partial charge on any atom is -0.322 e.